The number of hydrogen-bond donors (Lipinski definition) is 1. The summed E-state index contributed by atoms with van der Waals surface area (Å²) in [5.41, 5.74) is 5.61. The summed E-state index contributed by atoms with van der Waals surface area (Å²) in [6.45, 7) is 4.37. The van der Waals surface area contributed by atoms with E-state index >= 15 is 0 Å². The Morgan fingerprint density at radius 1 is 1.29 bits per heavy atom. The van der Waals surface area contributed by atoms with Crippen molar-refractivity contribution in [1.82, 2.24) is 0 Å². The van der Waals surface area contributed by atoms with Crippen molar-refractivity contribution in [2.75, 3.05) is 25.5 Å². The molecular formula is C13H19NO2S. The van der Waals surface area contributed by atoms with Crippen LogP contribution >= 0.6 is 11.8 Å². The Hall–Kier alpha value is -0.870. The second kappa shape index (κ2) is 6.17. The molecule has 1 unspecified atom stereocenters. The fraction of sp³-hybridized carbons (Fsp3) is 0.538. The number of hydrogen-bond acceptors (Lipinski definition) is 4. The number of benzene rings is 1. The zero-order valence-corrected chi connectivity index (χ0v) is 11.0. The minimum absolute atomic E-state index is 0.538. The average molecular weight is 253 g/mol. The fourth-order valence-corrected chi connectivity index (χ4v) is 2.51. The lowest BCUT2D eigenvalue weighted by Gasteiger charge is -2.11. The predicted octanol–water partition coefficient (Wildman–Crippen LogP) is 2.53. The molecule has 0 amide bonds. The highest BCUT2D eigenvalue weighted by molar-refractivity contribution is 7.99. The lowest BCUT2D eigenvalue weighted by molar-refractivity contribution is 0.297. The third kappa shape index (κ3) is 3.54. The lowest BCUT2D eigenvalue weighted by atomic mass is 10.2. The highest BCUT2D eigenvalue weighted by atomic mass is 32.2. The maximum Gasteiger partial charge on any atom is 0.162 e. The lowest BCUT2D eigenvalue weighted by Crippen LogP contribution is -2.12. The van der Waals surface area contributed by atoms with Gasteiger partial charge in [-0.3, -0.25) is 0 Å². The quantitative estimate of drug-likeness (QED) is 0.838. The van der Waals surface area contributed by atoms with Crippen LogP contribution in [0.2, 0.25) is 0 Å². The zero-order valence-electron chi connectivity index (χ0n) is 10.1. The normalized spacial score (nSPS) is 16.4. The van der Waals surface area contributed by atoms with E-state index in [1.54, 1.807) is 0 Å². The molecular weight excluding hydrogens is 234 g/mol. The molecule has 0 aliphatic carbocycles. The summed E-state index contributed by atoms with van der Waals surface area (Å²) < 4.78 is 11.3. The summed E-state index contributed by atoms with van der Waals surface area (Å²) in [4.78, 5) is 1.22. The third-order valence-electron chi connectivity index (χ3n) is 2.66. The van der Waals surface area contributed by atoms with Crippen LogP contribution in [0.3, 0.4) is 0 Å². The van der Waals surface area contributed by atoms with Crippen LogP contribution < -0.4 is 15.2 Å². The average Bonchev–Trinajstić information content (AvgIpc) is 2.60. The van der Waals surface area contributed by atoms with Crippen molar-refractivity contribution >= 4 is 11.8 Å². The van der Waals surface area contributed by atoms with Crippen LogP contribution in [-0.4, -0.2) is 25.5 Å². The summed E-state index contributed by atoms with van der Waals surface area (Å²) in [6.07, 6.45) is 0.946. The van der Waals surface area contributed by atoms with Crippen LogP contribution in [-0.2, 0) is 0 Å². The third-order valence-corrected chi connectivity index (χ3v) is 3.98. The van der Waals surface area contributed by atoms with E-state index in [0.29, 0.717) is 5.92 Å². The van der Waals surface area contributed by atoms with E-state index < -0.39 is 0 Å². The van der Waals surface area contributed by atoms with Gasteiger partial charge in [0.2, 0.25) is 0 Å². The minimum Gasteiger partial charge on any atom is -0.490 e. The molecule has 0 saturated carbocycles. The Balaban J connectivity index is 2.02. The van der Waals surface area contributed by atoms with Gasteiger partial charge in [-0.1, -0.05) is 6.92 Å². The monoisotopic (exact) mass is 253 g/mol. The molecule has 0 saturated heterocycles. The Morgan fingerprint density at radius 3 is 2.82 bits per heavy atom. The maximum atomic E-state index is 5.66. The Morgan fingerprint density at radius 2 is 2.06 bits per heavy atom. The standard InChI is InChI=1S/C13H19NO2S/c1-10(8-14)9-17-11-3-4-12-13(7-11)16-6-2-5-15-12/h3-4,7,10H,2,5-6,8-9,14H2,1H3. The van der Waals surface area contributed by atoms with E-state index in [0.717, 1.165) is 43.4 Å². The summed E-state index contributed by atoms with van der Waals surface area (Å²) >= 11 is 1.82. The molecule has 1 aromatic rings. The van der Waals surface area contributed by atoms with Crippen LogP contribution in [0.1, 0.15) is 13.3 Å². The van der Waals surface area contributed by atoms with Crippen molar-refractivity contribution in [2.45, 2.75) is 18.2 Å². The molecule has 0 fully saturated rings. The molecule has 1 aromatic carbocycles. The molecule has 1 aliphatic rings. The van der Waals surface area contributed by atoms with Gasteiger partial charge in [-0.15, -0.1) is 11.8 Å². The maximum absolute atomic E-state index is 5.66. The number of ether oxygens (including phenoxy) is 2. The van der Waals surface area contributed by atoms with E-state index in [4.69, 9.17) is 15.2 Å². The highest BCUT2D eigenvalue weighted by Gasteiger charge is 2.11. The summed E-state index contributed by atoms with van der Waals surface area (Å²) in [5.74, 6) is 3.30. The molecule has 0 aromatic heterocycles. The van der Waals surface area contributed by atoms with Crippen LogP contribution in [0.4, 0.5) is 0 Å². The number of fused-ring (bicyclic) bond motifs is 1. The largest absolute Gasteiger partial charge is 0.490 e. The van der Waals surface area contributed by atoms with Crippen LogP contribution in [0.15, 0.2) is 23.1 Å². The van der Waals surface area contributed by atoms with Crippen molar-refractivity contribution in [3.8, 4) is 11.5 Å². The number of nitrogens with two attached hydrogens (primary N) is 1. The van der Waals surface area contributed by atoms with E-state index in [2.05, 4.69) is 19.1 Å². The first kappa shape index (κ1) is 12.6. The first-order chi connectivity index (χ1) is 8.29. The Kier molecular flexibility index (Phi) is 4.57. The van der Waals surface area contributed by atoms with Crippen molar-refractivity contribution in [1.29, 1.82) is 0 Å². The van der Waals surface area contributed by atoms with Gasteiger partial charge < -0.3 is 15.2 Å². The molecule has 94 valence electrons. The van der Waals surface area contributed by atoms with Gasteiger partial charge in [0.05, 0.1) is 13.2 Å². The molecule has 0 radical (unpaired) electrons. The van der Waals surface area contributed by atoms with E-state index in [1.807, 2.05) is 17.8 Å². The Bertz CT molecular complexity index is 370. The van der Waals surface area contributed by atoms with Gasteiger partial charge in [0, 0.05) is 17.1 Å². The number of thioether (sulfide) groups is 1. The molecule has 1 atom stereocenters. The first-order valence-corrected chi connectivity index (χ1v) is 7.00. The molecule has 3 nitrogen and oxygen atoms in total. The van der Waals surface area contributed by atoms with Crippen LogP contribution in [0, 0.1) is 5.92 Å². The SMILES string of the molecule is CC(CN)CSc1ccc2c(c1)OCCCO2. The molecule has 17 heavy (non-hydrogen) atoms. The highest BCUT2D eigenvalue weighted by Crippen LogP contribution is 2.34. The van der Waals surface area contributed by atoms with Gasteiger partial charge >= 0.3 is 0 Å². The van der Waals surface area contributed by atoms with E-state index in [-0.39, 0.29) is 0 Å². The Labute approximate surface area is 107 Å². The molecule has 2 N–H and O–H groups in total. The van der Waals surface area contributed by atoms with Gasteiger partial charge in [0.1, 0.15) is 0 Å². The van der Waals surface area contributed by atoms with Gasteiger partial charge in [-0.05, 0) is 30.7 Å². The van der Waals surface area contributed by atoms with E-state index in [9.17, 15) is 0 Å². The molecule has 1 heterocycles. The van der Waals surface area contributed by atoms with Crippen molar-refractivity contribution in [2.24, 2.45) is 11.7 Å². The van der Waals surface area contributed by atoms with Crippen molar-refractivity contribution < 1.29 is 9.47 Å². The molecule has 2 rings (SSSR count). The van der Waals surface area contributed by atoms with Crippen LogP contribution in [0.5, 0.6) is 11.5 Å². The summed E-state index contributed by atoms with van der Waals surface area (Å²) in [5, 5.41) is 0. The van der Waals surface area contributed by atoms with Crippen molar-refractivity contribution in [3.63, 3.8) is 0 Å². The molecule has 0 bridgehead atoms. The van der Waals surface area contributed by atoms with Crippen molar-refractivity contribution in [3.05, 3.63) is 18.2 Å². The zero-order chi connectivity index (χ0) is 12.1. The van der Waals surface area contributed by atoms with Crippen LogP contribution in [0.25, 0.3) is 0 Å². The first-order valence-electron chi connectivity index (χ1n) is 6.02. The van der Waals surface area contributed by atoms with E-state index in [1.165, 1.54) is 4.90 Å². The molecule has 1 aliphatic heterocycles. The second-order valence-corrected chi connectivity index (χ2v) is 5.40. The predicted molar refractivity (Wildman–Crippen MR) is 71.0 cm³/mol. The van der Waals surface area contributed by atoms with Gasteiger partial charge in [-0.2, -0.15) is 0 Å². The number of rotatable bonds is 4. The smallest absolute Gasteiger partial charge is 0.162 e. The van der Waals surface area contributed by atoms with Gasteiger partial charge in [0.25, 0.3) is 0 Å². The summed E-state index contributed by atoms with van der Waals surface area (Å²) in [6, 6.07) is 6.14. The topological polar surface area (TPSA) is 44.5 Å². The molecule has 0 spiro atoms. The van der Waals surface area contributed by atoms with Gasteiger partial charge in [-0.25, -0.2) is 0 Å². The summed E-state index contributed by atoms with van der Waals surface area (Å²) in [7, 11) is 0. The molecule has 4 heteroatoms. The van der Waals surface area contributed by atoms with Gasteiger partial charge in [0.15, 0.2) is 11.5 Å². The minimum atomic E-state index is 0.538. The second-order valence-electron chi connectivity index (χ2n) is 4.31. The fourth-order valence-electron chi connectivity index (χ4n) is 1.54.